The monoisotopic (exact) mass is 314 g/mol. The van der Waals surface area contributed by atoms with Gasteiger partial charge in [-0.25, -0.2) is 15.0 Å². The van der Waals surface area contributed by atoms with Crippen LogP contribution in [0.3, 0.4) is 0 Å². The maximum atomic E-state index is 9.72. The van der Waals surface area contributed by atoms with Gasteiger partial charge in [0.15, 0.2) is 10.6 Å². The number of aromatic nitrogens is 4. The van der Waals surface area contributed by atoms with Crippen molar-refractivity contribution in [2.45, 2.75) is 24.9 Å². The normalized spacial score (nSPS) is 28.1. The largest absolute Gasteiger partial charge is 0.394 e. The molecular formula is C10H11BrN4O3. The van der Waals surface area contributed by atoms with Gasteiger partial charge >= 0.3 is 0 Å². The van der Waals surface area contributed by atoms with Gasteiger partial charge in [-0.3, -0.25) is 4.57 Å². The molecule has 3 heterocycles. The van der Waals surface area contributed by atoms with Crippen LogP contribution in [0.1, 0.15) is 12.6 Å². The molecule has 1 unspecified atom stereocenters. The molecule has 2 N–H and O–H groups in total. The predicted octanol–water partition coefficient (Wildman–Crippen LogP) is 0.181. The van der Waals surface area contributed by atoms with Crippen LogP contribution in [0.15, 0.2) is 17.3 Å². The van der Waals surface area contributed by atoms with Gasteiger partial charge in [0.05, 0.1) is 12.7 Å². The van der Waals surface area contributed by atoms with Gasteiger partial charge in [0, 0.05) is 12.6 Å². The minimum Gasteiger partial charge on any atom is -0.394 e. The Balaban J connectivity index is 1.95. The van der Waals surface area contributed by atoms with Crippen molar-refractivity contribution >= 4 is 15.9 Å². The topological polar surface area (TPSA) is 93.3 Å². The predicted molar refractivity (Wildman–Crippen MR) is 63.8 cm³/mol. The number of nitrogens with zero attached hydrogens (tertiary/aromatic N) is 4. The lowest BCUT2D eigenvalue weighted by atomic mass is 10.2. The summed E-state index contributed by atoms with van der Waals surface area (Å²) in [7, 11) is 0. The van der Waals surface area contributed by atoms with E-state index < -0.39 is 12.2 Å². The van der Waals surface area contributed by atoms with Crippen LogP contribution in [0, 0.1) is 0 Å². The van der Waals surface area contributed by atoms with Crippen molar-refractivity contribution in [3.63, 3.8) is 0 Å². The number of fused-ring (bicyclic) bond motifs is 1. The van der Waals surface area contributed by atoms with Crippen LogP contribution >= 0.6 is 15.9 Å². The molecule has 3 atom stereocenters. The van der Waals surface area contributed by atoms with E-state index in [1.54, 1.807) is 10.8 Å². The highest BCUT2D eigenvalue weighted by molar-refractivity contribution is 9.10. The van der Waals surface area contributed by atoms with Crippen LogP contribution in [0.5, 0.6) is 0 Å². The quantitative estimate of drug-likeness (QED) is 0.768. The highest BCUT2D eigenvalue weighted by atomic mass is 79.9. The Morgan fingerprint density at radius 3 is 3.06 bits per heavy atom. The summed E-state index contributed by atoms with van der Waals surface area (Å²) < 4.78 is 7.84. The second-order valence-corrected chi connectivity index (χ2v) is 4.82. The fourth-order valence-electron chi connectivity index (χ4n) is 2.03. The first-order valence-electron chi connectivity index (χ1n) is 5.48. The molecule has 0 spiro atoms. The molecule has 96 valence electrons. The van der Waals surface area contributed by atoms with Gasteiger partial charge in [-0.15, -0.1) is 0 Å². The maximum Gasteiger partial charge on any atom is 0.183 e. The van der Waals surface area contributed by atoms with Gasteiger partial charge < -0.3 is 14.9 Å². The zero-order valence-electron chi connectivity index (χ0n) is 9.27. The molecule has 0 radical (unpaired) electrons. The first kappa shape index (κ1) is 12.0. The van der Waals surface area contributed by atoms with E-state index >= 15 is 0 Å². The van der Waals surface area contributed by atoms with E-state index in [4.69, 9.17) is 9.84 Å². The fraction of sp³-hybridized carbons (Fsp3) is 0.500. The van der Waals surface area contributed by atoms with Crippen LogP contribution in [0.4, 0.5) is 0 Å². The first-order chi connectivity index (χ1) is 8.69. The zero-order chi connectivity index (χ0) is 12.7. The van der Waals surface area contributed by atoms with Gasteiger partial charge in [-0.2, -0.15) is 0 Å². The highest BCUT2D eigenvalue weighted by Gasteiger charge is 2.35. The Kier molecular flexibility index (Phi) is 3.02. The molecule has 18 heavy (non-hydrogen) atoms. The lowest BCUT2D eigenvalue weighted by molar-refractivity contribution is -0.0455. The van der Waals surface area contributed by atoms with Crippen LogP contribution in [-0.4, -0.2) is 48.5 Å². The Bertz CT molecular complexity index is 534. The van der Waals surface area contributed by atoms with Crippen molar-refractivity contribution in [1.29, 1.82) is 0 Å². The fourth-order valence-corrected chi connectivity index (χ4v) is 2.53. The number of aliphatic hydroxyl groups is 2. The summed E-state index contributed by atoms with van der Waals surface area (Å²) in [4.78, 5) is 12.3. The van der Waals surface area contributed by atoms with Crippen LogP contribution in [-0.2, 0) is 4.74 Å². The summed E-state index contributed by atoms with van der Waals surface area (Å²) in [5, 5.41) is 18.8. The number of ether oxygens (including phenoxy) is 1. The molecule has 1 saturated heterocycles. The van der Waals surface area contributed by atoms with E-state index in [2.05, 4.69) is 30.9 Å². The maximum absolute atomic E-state index is 9.72. The SMILES string of the molecule is OC[C@H]1OC(n2cc3ncnc-3nc2Br)C[C@@H]1O. The zero-order valence-corrected chi connectivity index (χ0v) is 10.9. The minimum atomic E-state index is -0.680. The standard InChI is InChI=1S/C10H11BrN4O3/c11-10-14-9-5(12-4-13-9)2-15(10)8-1-6(17)7(3-16)18-8/h2,4,6-8,16-17H,1,3H2/t6-,7+,8?/m0/s1. The number of aliphatic hydroxyl groups excluding tert-OH is 2. The molecule has 0 aromatic rings. The smallest absolute Gasteiger partial charge is 0.183 e. The van der Waals surface area contributed by atoms with Crippen LogP contribution < -0.4 is 0 Å². The molecule has 3 aliphatic heterocycles. The third kappa shape index (κ3) is 1.91. The minimum absolute atomic E-state index is 0.207. The van der Waals surface area contributed by atoms with Crippen molar-refractivity contribution in [3.05, 3.63) is 17.3 Å². The van der Waals surface area contributed by atoms with E-state index in [0.29, 0.717) is 22.7 Å². The van der Waals surface area contributed by atoms with Crippen molar-refractivity contribution < 1.29 is 14.9 Å². The molecular weight excluding hydrogens is 304 g/mol. The van der Waals surface area contributed by atoms with E-state index in [1.165, 1.54) is 6.33 Å². The average molecular weight is 315 g/mol. The molecule has 0 saturated carbocycles. The average Bonchev–Trinajstić information content (AvgIpc) is 2.93. The Labute approximate surface area is 111 Å². The first-order valence-corrected chi connectivity index (χ1v) is 6.28. The van der Waals surface area contributed by atoms with Crippen LogP contribution in [0.25, 0.3) is 11.5 Å². The van der Waals surface area contributed by atoms with Gasteiger partial charge in [0.2, 0.25) is 0 Å². The lowest BCUT2D eigenvalue weighted by Crippen LogP contribution is -2.24. The molecule has 0 amide bonds. The number of rotatable bonds is 2. The Hall–Kier alpha value is -1.09. The molecule has 3 aliphatic rings. The van der Waals surface area contributed by atoms with Crippen molar-refractivity contribution in [3.8, 4) is 11.5 Å². The van der Waals surface area contributed by atoms with Crippen molar-refractivity contribution in [2.24, 2.45) is 0 Å². The third-order valence-electron chi connectivity index (χ3n) is 2.97. The number of hydrogen-bond donors (Lipinski definition) is 2. The molecule has 8 heteroatoms. The van der Waals surface area contributed by atoms with Crippen molar-refractivity contribution in [1.82, 2.24) is 19.5 Å². The molecule has 0 aromatic carbocycles. The molecule has 0 bridgehead atoms. The van der Waals surface area contributed by atoms with E-state index in [0.717, 1.165) is 0 Å². The summed E-state index contributed by atoms with van der Waals surface area (Å²) in [6, 6.07) is 0. The number of hydrogen-bond acceptors (Lipinski definition) is 6. The summed E-state index contributed by atoms with van der Waals surface area (Å²) in [5.74, 6) is 0.551. The number of imidazole rings is 1. The van der Waals surface area contributed by atoms with E-state index in [1.807, 2.05) is 0 Å². The number of halogens is 1. The molecule has 1 fully saturated rings. The van der Waals surface area contributed by atoms with Crippen molar-refractivity contribution in [2.75, 3.05) is 6.61 Å². The molecule has 0 aromatic heterocycles. The second kappa shape index (κ2) is 4.54. The molecule has 3 rings (SSSR count). The lowest BCUT2D eigenvalue weighted by Gasteiger charge is -2.17. The van der Waals surface area contributed by atoms with Crippen LogP contribution in [0.2, 0.25) is 0 Å². The van der Waals surface area contributed by atoms with Gasteiger partial charge in [0.1, 0.15) is 24.4 Å². The van der Waals surface area contributed by atoms with Gasteiger partial charge in [0.25, 0.3) is 0 Å². The highest BCUT2D eigenvalue weighted by Crippen LogP contribution is 2.32. The summed E-state index contributed by atoms with van der Waals surface area (Å²) >= 11 is 3.33. The summed E-state index contributed by atoms with van der Waals surface area (Å²) in [6.07, 6.45) is 1.98. The van der Waals surface area contributed by atoms with E-state index in [9.17, 15) is 5.11 Å². The summed E-state index contributed by atoms with van der Waals surface area (Å²) in [5.41, 5.74) is 0.656. The van der Waals surface area contributed by atoms with E-state index in [-0.39, 0.29) is 12.8 Å². The Morgan fingerprint density at radius 2 is 2.33 bits per heavy atom. The second-order valence-electron chi connectivity index (χ2n) is 4.11. The molecule has 7 nitrogen and oxygen atoms in total. The summed E-state index contributed by atoms with van der Waals surface area (Å²) in [6.45, 7) is -0.207. The Morgan fingerprint density at radius 1 is 1.50 bits per heavy atom. The van der Waals surface area contributed by atoms with Gasteiger partial charge in [-0.05, 0) is 15.9 Å². The molecule has 0 aliphatic carbocycles. The third-order valence-corrected chi connectivity index (χ3v) is 3.56. The van der Waals surface area contributed by atoms with Gasteiger partial charge in [-0.1, -0.05) is 0 Å².